The van der Waals surface area contributed by atoms with Crippen LogP contribution in [0.4, 0.5) is 0 Å². The van der Waals surface area contributed by atoms with Crippen LogP contribution in [0.5, 0.6) is 0 Å². The van der Waals surface area contributed by atoms with Gasteiger partial charge in [-0.05, 0) is 19.3 Å². The Hall–Kier alpha value is 0.190. The first-order valence-electron chi connectivity index (χ1n) is 5.97. The van der Waals surface area contributed by atoms with E-state index in [4.69, 9.17) is 26.8 Å². The highest BCUT2D eigenvalue weighted by molar-refractivity contribution is 7.82. The summed E-state index contributed by atoms with van der Waals surface area (Å²) in [5, 5.41) is 9.71. The minimum absolute atomic E-state index is 0.0879. The monoisotopic (exact) mass is 246 g/mol. The van der Waals surface area contributed by atoms with Gasteiger partial charge in [-0.1, -0.05) is 0 Å². The summed E-state index contributed by atoms with van der Waals surface area (Å²) < 4.78 is 16.7. The van der Waals surface area contributed by atoms with Gasteiger partial charge in [0.15, 0.2) is 0 Å². The Balaban J connectivity index is 1.77. The summed E-state index contributed by atoms with van der Waals surface area (Å²) in [4.78, 5) is 0. The zero-order chi connectivity index (χ0) is 11.2. The van der Waals surface area contributed by atoms with Crippen LogP contribution in [0.25, 0.3) is 0 Å². The zero-order valence-corrected chi connectivity index (χ0v) is 10.1. The molecule has 0 radical (unpaired) electrons. The molecular weight excluding hydrogens is 228 g/mol. The molecule has 4 nitrogen and oxygen atoms in total. The Labute approximate surface area is 101 Å². The van der Waals surface area contributed by atoms with Crippen molar-refractivity contribution in [3.8, 4) is 0 Å². The second-order valence-electron chi connectivity index (χ2n) is 4.94. The highest BCUT2D eigenvalue weighted by Gasteiger charge is 2.58. The van der Waals surface area contributed by atoms with Crippen LogP contribution in [0, 0.1) is 0 Å². The third-order valence-corrected chi connectivity index (χ3v) is 4.53. The van der Waals surface area contributed by atoms with E-state index in [9.17, 15) is 5.11 Å². The molecule has 3 aliphatic heterocycles. The van der Waals surface area contributed by atoms with E-state index < -0.39 is 6.10 Å². The van der Waals surface area contributed by atoms with E-state index in [1.807, 2.05) is 0 Å². The Morgan fingerprint density at radius 1 is 1.19 bits per heavy atom. The number of hydrogen-bond acceptors (Lipinski definition) is 5. The lowest BCUT2D eigenvalue weighted by Gasteiger charge is -2.37. The molecular formula is C11H18O4S. The fourth-order valence-electron chi connectivity index (χ4n) is 2.94. The van der Waals surface area contributed by atoms with Gasteiger partial charge in [0.05, 0.1) is 24.1 Å². The van der Waals surface area contributed by atoms with Crippen molar-refractivity contribution in [1.82, 2.24) is 0 Å². The van der Waals surface area contributed by atoms with Gasteiger partial charge in [-0.15, -0.1) is 0 Å². The molecule has 16 heavy (non-hydrogen) atoms. The standard InChI is InChI=1S/C11H18O4S/c12-7-5-14-10-9(7)15-6-11(10,16)8-3-1-2-4-13-8/h7-10,12,16H,1-6H2/t7-,8?,9-,10+,11-/m1/s1. The minimum atomic E-state index is -0.511. The summed E-state index contributed by atoms with van der Waals surface area (Å²) in [5.41, 5.74) is 0. The molecule has 92 valence electrons. The molecule has 3 aliphatic rings. The smallest absolute Gasteiger partial charge is 0.113 e. The Morgan fingerprint density at radius 3 is 2.81 bits per heavy atom. The van der Waals surface area contributed by atoms with Crippen LogP contribution >= 0.6 is 12.6 Å². The summed E-state index contributed by atoms with van der Waals surface area (Å²) in [6.45, 7) is 1.66. The van der Waals surface area contributed by atoms with E-state index in [1.54, 1.807) is 0 Å². The maximum Gasteiger partial charge on any atom is 0.113 e. The van der Waals surface area contributed by atoms with Gasteiger partial charge in [-0.3, -0.25) is 0 Å². The van der Waals surface area contributed by atoms with E-state index in [2.05, 4.69) is 0 Å². The number of fused-ring (bicyclic) bond motifs is 1. The molecule has 0 aromatic rings. The zero-order valence-electron chi connectivity index (χ0n) is 9.17. The number of ether oxygens (including phenoxy) is 3. The molecule has 0 amide bonds. The summed E-state index contributed by atoms with van der Waals surface area (Å²) in [6, 6.07) is 0. The summed E-state index contributed by atoms with van der Waals surface area (Å²) in [7, 11) is 0. The van der Waals surface area contributed by atoms with Crippen molar-refractivity contribution in [2.24, 2.45) is 0 Å². The van der Waals surface area contributed by atoms with Gasteiger partial charge in [0.1, 0.15) is 18.3 Å². The van der Waals surface area contributed by atoms with Gasteiger partial charge in [0, 0.05) is 6.61 Å². The largest absolute Gasteiger partial charge is 0.388 e. The SMILES string of the molecule is O[C@@H]1CO[C@H]2[C@@H]1OC[C@@]2(S)C1CCCCO1. The van der Waals surface area contributed by atoms with Gasteiger partial charge in [-0.2, -0.15) is 12.6 Å². The van der Waals surface area contributed by atoms with Crippen molar-refractivity contribution >= 4 is 12.6 Å². The quantitative estimate of drug-likeness (QED) is 0.657. The number of rotatable bonds is 1. The van der Waals surface area contributed by atoms with Crippen LogP contribution in [0.3, 0.4) is 0 Å². The number of aliphatic hydroxyl groups excluding tert-OH is 1. The molecule has 5 heteroatoms. The van der Waals surface area contributed by atoms with Crippen molar-refractivity contribution in [3.63, 3.8) is 0 Å². The molecule has 1 N–H and O–H groups in total. The van der Waals surface area contributed by atoms with Crippen molar-refractivity contribution < 1.29 is 19.3 Å². The summed E-state index contributed by atoms with van der Waals surface area (Å²) in [5.74, 6) is 0. The van der Waals surface area contributed by atoms with E-state index in [-0.39, 0.29) is 23.1 Å². The summed E-state index contributed by atoms with van der Waals surface area (Å²) in [6.07, 6.45) is 2.53. The van der Waals surface area contributed by atoms with Crippen molar-refractivity contribution in [1.29, 1.82) is 0 Å². The van der Waals surface area contributed by atoms with E-state index in [1.165, 1.54) is 6.42 Å². The lowest BCUT2D eigenvalue weighted by Crippen LogP contribution is -2.50. The van der Waals surface area contributed by atoms with Crippen molar-refractivity contribution in [2.75, 3.05) is 19.8 Å². The Morgan fingerprint density at radius 2 is 2.06 bits per heavy atom. The lowest BCUT2D eigenvalue weighted by atomic mass is 9.89. The number of thiol groups is 1. The predicted octanol–water partition coefficient (Wildman–Crippen LogP) is 0.383. The van der Waals surface area contributed by atoms with Crippen LogP contribution < -0.4 is 0 Å². The normalized spacial score (nSPS) is 52.9. The number of aliphatic hydroxyl groups is 1. The lowest BCUT2D eigenvalue weighted by molar-refractivity contribution is -0.0427. The number of hydrogen-bond donors (Lipinski definition) is 2. The van der Waals surface area contributed by atoms with E-state index in [0.717, 1.165) is 19.4 Å². The molecule has 0 aromatic heterocycles. The predicted molar refractivity (Wildman–Crippen MR) is 60.8 cm³/mol. The molecule has 5 atom stereocenters. The maximum absolute atomic E-state index is 9.71. The average molecular weight is 246 g/mol. The third-order valence-electron chi connectivity index (χ3n) is 3.86. The third kappa shape index (κ3) is 1.61. The molecule has 1 unspecified atom stereocenters. The highest BCUT2D eigenvalue weighted by atomic mass is 32.1. The average Bonchev–Trinajstić information content (AvgIpc) is 2.84. The van der Waals surface area contributed by atoms with Gasteiger partial charge in [0.2, 0.25) is 0 Å². The van der Waals surface area contributed by atoms with Crippen LogP contribution in [0.15, 0.2) is 0 Å². The maximum atomic E-state index is 9.71. The van der Waals surface area contributed by atoms with Crippen molar-refractivity contribution in [2.45, 2.75) is 48.4 Å². The van der Waals surface area contributed by atoms with E-state index >= 15 is 0 Å². The van der Waals surface area contributed by atoms with E-state index in [0.29, 0.717) is 13.2 Å². The van der Waals surface area contributed by atoms with Crippen molar-refractivity contribution in [3.05, 3.63) is 0 Å². The first-order valence-corrected chi connectivity index (χ1v) is 6.42. The minimum Gasteiger partial charge on any atom is -0.388 e. The topological polar surface area (TPSA) is 47.9 Å². The van der Waals surface area contributed by atoms with Gasteiger partial charge in [0.25, 0.3) is 0 Å². The second-order valence-corrected chi connectivity index (χ2v) is 5.78. The van der Waals surface area contributed by atoms with Crippen LogP contribution in [-0.4, -0.2) is 54.1 Å². The molecule has 0 spiro atoms. The molecule has 0 aromatic carbocycles. The highest BCUT2D eigenvalue weighted by Crippen LogP contribution is 2.43. The van der Waals surface area contributed by atoms with Crippen LogP contribution in [0.1, 0.15) is 19.3 Å². The van der Waals surface area contributed by atoms with Gasteiger partial charge < -0.3 is 19.3 Å². The molecule has 3 heterocycles. The van der Waals surface area contributed by atoms with Crippen LogP contribution in [0.2, 0.25) is 0 Å². The molecule has 0 aliphatic carbocycles. The second kappa shape index (κ2) is 4.14. The fraction of sp³-hybridized carbons (Fsp3) is 1.00. The molecule has 3 rings (SSSR count). The van der Waals surface area contributed by atoms with Gasteiger partial charge in [-0.25, -0.2) is 0 Å². The first kappa shape index (κ1) is 11.3. The van der Waals surface area contributed by atoms with Gasteiger partial charge >= 0.3 is 0 Å². The Bertz CT molecular complexity index is 269. The Kier molecular flexibility index (Phi) is 2.92. The van der Waals surface area contributed by atoms with Crippen LogP contribution in [-0.2, 0) is 14.2 Å². The molecule has 0 bridgehead atoms. The molecule has 0 saturated carbocycles. The first-order chi connectivity index (χ1) is 7.72. The molecule has 3 saturated heterocycles. The molecule has 3 fully saturated rings. The summed E-state index contributed by atoms with van der Waals surface area (Å²) >= 11 is 4.75. The fourth-order valence-corrected chi connectivity index (χ4v) is 3.44.